The Hall–Kier alpha value is -1.23. The zero-order valence-corrected chi connectivity index (χ0v) is 11.1. The highest BCUT2D eigenvalue weighted by molar-refractivity contribution is 9.10. The number of ketones is 1. The first-order valence-electron chi connectivity index (χ1n) is 5.12. The number of hydrogen-bond donors (Lipinski definition) is 0. The number of carbonyl (C=O) groups excluding carboxylic acids is 2. The Morgan fingerprint density at radius 3 is 2.59 bits per heavy atom. The van der Waals surface area contributed by atoms with E-state index in [4.69, 9.17) is 4.74 Å². The molecule has 0 aromatic heterocycles. The van der Waals surface area contributed by atoms with Crippen LogP contribution in [0.25, 0.3) is 0 Å². The van der Waals surface area contributed by atoms with Gasteiger partial charge in [-0.05, 0) is 32.0 Å². The summed E-state index contributed by atoms with van der Waals surface area (Å²) in [5, 5.41) is 0. The van der Waals surface area contributed by atoms with Gasteiger partial charge in [-0.3, -0.25) is 4.79 Å². The molecule has 1 aromatic carbocycles. The maximum Gasteiger partial charge on any atom is 0.338 e. The number of esters is 1. The number of benzene rings is 1. The minimum absolute atomic E-state index is 0.0350. The van der Waals surface area contributed by atoms with E-state index in [2.05, 4.69) is 15.9 Å². The molecule has 5 heteroatoms. The standard InChI is InChI=1S/C12H12BrFO3/c1-3-17-12(16)9-5-4-8(14)6-10(9)11(15)7(2)13/h4-7H,3H2,1-2H3. The summed E-state index contributed by atoms with van der Waals surface area (Å²) in [7, 11) is 0. The molecule has 0 heterocycles. The highest BCUT2D eigenvalue weighted by Crippen LogP contribution is 2.17. The lowest BCUT2D eigenvalue weighted by Crippen LogP contribution is -2.17. The van der Waals surface area contributed by atoms with E-state index < -0.39 is 16.6 Å². The van der Waals surface area contributed by atoms with Gasteiger partial charge >= 0.3 is 5.97 Å². The van der Waals surface area contributed by atoms with Crippen molar-refractivity contribution in [2.24, 2.45) is 0 Å². The van der Waals surface area contributed by atoms with Crippen molar-refractivity contribution < 1.29 is 18.7 Å². The fraction of sp³-hybridized carbons (Fsp3) is 0.333. The summed E-state index contributed by atoms with van der Waals surface area (Å²) in [4.78, 5) is 22.9. The molecule has 0 saturated heterocycles. The van der Waals surface area contributed by atoms with Crippen LogP contribution in [0.4, 0.5) is 4.39 Å². The first-order valence-corrected chi connectivity index (χ1v) is 6.04. The number of alkyl halides is 1. The van der Waals surface area contributed by atoms with Crippen LogP contribution >= 0.6 is 15.9 Å². The minimum Gasteiger partial charge on any atom is -0.462 e. The Kier molecular flexibility index (Phi) is 4.81. The van der Waals surface area contributed by atoms with Crippen molar-refractivity contribution in [3.8, 4) is 0 Å². The predicted octanol–water partition coefficient (Wildman–Crippen LogP) is 2.97. The minimum atomic E-state index is -0.621. The van der Waals surface area contributed by atoms with Crippen molar-refractivity contribution in [2.75, 3.05) is 6.61 Å². The van der Waals surface area contributed by atoms with Crippen LogP contribution in [0.5, 0.6) is 0 Å². The summed E-state index contributed by atoms with van der Waals surface area (Å²) in [6, 6.07) is 3.43. The molecule has 92 valence electrons. The van der Waals surface area contributed by atoms with Crippen molar-refractivity contribution in [2.45, 2.75) is 18.7 Å². The zero-order chi connectivity index (χ0) is 13.0. The second-order valence-corrected chi connectivity index (χ2v) is 4.76. The van der Waals surface area contributed by atoms with Gasteiger partial charge in [0.05, 0.1) is 17.0 Å². The van der Waals surface area contributed by atoms with E-state index >= 15 is 0 Å². The third-order valence-electron chi connectivity index (χ3n) is 2.10. The molecule has 0 radical (unpaired) electrons. The first kappa shape index (κ1) is 13.8. The topological polar surface area (TPSA) is 43.4 Å². The maximum absolute atomic E-state index is 13.1. The normalized spacial score (nSPS) is 12.0. The van der Waals surface area contributed by atoms with E-state index in [0.717, 1.165) is 12.1 Å². The van der Waals surface area contributed by atoms with Crippen LogP contribution in [-0.4, -0.2) is 23.2 Å². The summed E-state index contributed by atoms with van der Waals surface area (Å²) < 4.78 is 17.9. The lowest BCUT2D eigenvalue weighted by atomic mass is 10.0. The van der Waals surface area contributed by atoms with E-state index in [-0.39, 0.29) is 23.5 Å². The highest BCUT2D eigenvalue weighted by Gasteiger charge is 2.21. The van der Waals surface area contributed by atoms with E-state index in [1.165, 1.54) is 6.07 Å². The Balaban J connectivity index is 3.21. The summed E-state index contributed by atoms with van der Waals surface area (Å²) in [6.07, 6.45) is 0. The third-order valence-corrected chi connectivity index (χ3v) is 2.52. The van der Waals surface area contributed by atoms with Crippen LogP contribution in [0.1, 0.15) is 34.6 Å². The van der Waals surface area contributed by atoms with Crippen LogP contribution in [-0.2, 0) is 4.74 Å². The molecule has 1 rings (SSSR count). The molecule has 1 unspecified atom stereocenters. The number of Topliss-reactive ketones (excluding diaryl/α,β-unsaturated/α-hetero) is 1. The van der Waals surface area contributed by atoms with Gasteiger partial charge in [0.15, 0.2) is 5.78 Å². The average Bonchev–Trinajstić information content (AvgIpc) is 2.28. The summed E-state index contributed by atoms with van der Waals surface area (Å²) >= 11 is 3.10. The largest absolute Gasteiger partial charge is 0.462 e. The van der Waals surface area contributed by atoms with Gasteiger partial charge in [0.1, 0.15) is 5.82 Å². The number of rotatable bonds is 4. The molecular weight excluding hydrogens is 291 g/mol. The fourth-order valence-electron chi connectivity index (χ4n) is 1.32. The smallest absolute Gasteiger partial charge is 0.338 e. The predicted molar refractivity (Wildman–Crippen MR) is 65.1 cm³/mol. The van der Waals surface area contributed by atoms with Gasteiger partial charge in [0.2, 0.25) is 0 Å². The fourth-order valence-corrected chi connectivity index (χ4v) is 1.57. The van der Waals surface area contributed by atoms with E-state index in [1.807, 2.05) is 0 Å². The van der Waals surface area contributed by atoms with Crippen molar-refractivity contribution >= 4 is 27.7 Å². The monoisotopic (exact) mass is 302 g/mol. The highest BCUT2D eigenvalue weighted by atomic mass is 79.9. The van der Waals surface area contributed by atoms with Crippen molar-refractivity contribution in [1.29, 1.82) is 0 Å². The van der Waals surface area contributed by atoms with Crippen LogP contribution in [0.2, 0.25) is 0 Å². The third kappa shape index (κ3) is 3.36. The number of ether oxygens (including phenoxy) is 1. The average molecular weight is 303 g/mol. The number of halogens is 2. The van der Waals surface area contributed by atoms with E-state index in [9.17, 15) is 14.0 Å². The van der Waals surface area contributed by atoms with Gasteiger partial charge in [-0.25, -0.2) is 9.18 Å². The first-order chi connectivity index (χ1) is 7.97. The molecule has 1 aromatic rings. The molecule has 0 aliphatic heterocycles. The number of hydrogen-bond acceptors (Lipinski definition) is 3. The quantitative estimate of drug-likeness (QED) is 0.488. The Morgan fingerprint density at radius 2 is 2.06 bits per heavy atom. The van der Waals surface area contributed by atoms with Crippen molar-refractivity contribution in [1.82, 2.24) is 0 Å². The Labute approximate surface area is 107 Å². The molecule has 3 nitrogen and oxygen atoms in total. The molecule has 0 aliphatic rings. The maximum atomic E-state index is 13.1. The van der Waals surface area contributed by atoms with Crippen molar-refractivity contribution in [3.63, 3.8) is 0 Å². The lowest BCUT2D eigenvalue weighted by molar-refractivity contribution is 0.0523. The summed E-state index contributed by atoms with van der Waals surface area (Å²) in [6.45, 7) is 3.48. The molecule has 0 saturated carbocycles. The molecule has 0 amide bonds. The molecule has 0 bridgehead atoms. The van der Waals surface area contributed by atoms with Gasteiger partial charge in [-0.15, -0.1) is 0 Å². The molecule has 1 atom stereocenters. The molecule has 17 heavy (non-hydrogen) atoms. The van der Waals surface area contributed by atoms with Gasteiger partial charge in [0, 0.05) is 5.56 Å². The van der Waals surface area contributed by atoms with Gasteiger partial charge in [-0.1, -0.05) is 15.9 Å². The summed E-state index contributed by atoms with van der Waals surface area (Å²) in [5.41, 5.74) is 0.123. The lowest BCUT2D eigenvalue weighted by Gasteiger charge is -2.09. The molecule has 0 N–H and O–H groups in total. The zero-order valence-electron chi connectivity index (χ0n) is 9.50. The molecule has 0 spiro atoms. The van der Waals surface area contributed by atoms with Crippen LogP contribution in [0.15, 0.2) is 18.2 Å². The van der Waals surface area contributed by atoms with E-state index in [0.29, 0.717) is 0 Å². The molecule has 0 aliphatic carbocycles. The Bertz CT molecular complexity index is 443. The molecular formula is C12H12BrFO3. The van der Waals surface area contributed by atoms with Crippen LogP contribution in [0.3, 0.4) is 0 Å². The second-order valence-electron chi connectivity index (χ2n) is 3.39. The van der Waals surface area contributed by atoms with Gasteiger partial charge in [0.25, 0.3) is 0 Å². The SMILES string of the molecule is CCOC(=O)c1ccc(F)cc1C(=O)C(C)Br. The molecule has 0 fully saturated rings. The van der Waals surface area contributed by atoms with Crippen molar-refractivity contribution in [3.05, 3.63) is 35.1 Å². The van der Waals surface area contributed by atoms with Crippen LogP contribution < -0.4 is 0 Å². The van der Waals surface area contributed by atoms with Crippen LogP contribution in [0, 0.1) is 5.82 Å². The van der Waals surface area contributed by atoms with Gasteiger partial charge < -0.3 is 4.74 Å². The second kappa shape index (κ2) is 5.91. The number of carbonyl (C=O) groups is 2. The summed E-state index contributed by atoms with van der Waals surface area (Å²) in [5.74, 6) is -1.54. The van der Waals surface area contributed by atoms with E-state index in [1.54, 1.807) is 13.8 Å². The van der Waals surface area contributed by atoms with Gasteiger partial charge in [-0.2, -0.15) is 0 Å². The Morgan fingerprint density at radius 1 is 1.41 bits per heavy atom.